The van der Waals surface area contributed by atoms with Crippen LogP contribution in [0.25, 0.3) is 0 Å². The summed E-state index contributed by atoms with van der Waals surface area (Å²) in [5, 5.41) is 2.47. The summed E-state index contributed by atoms with van der Waals surface area (Å²) in [7, 11) is 3.28. The summed E-state index contributed by atoms with van der Waals surface area (Å²) in [5.74, 6) is -0.595. The van der Waals surface area contributed by atoms with Crippen molar-refractivity contribution < 1.29 is 31.5 Å². The normalized spacial score (nSPS) is 11.4. The Balaban J connectivity index is 2.14. The van der Waals surface area contributed by atoms with Gasteiger partial charge >= 0.3 is 12.8 Å². The van der Waals surface area contributed by atoms with E-state index in [2.05, 4.69) is 10.1 Å². The van der Waals surface area contributed by atoms with Crippen LogP contribution >= 0.6 is 0 Å². The Labute approximate surface area is 152 Å². The Kier molecular flexibility index (Phi) is 6.24. The summed E-state index contributed by atoms with van der Waals surface area (Å²) < 4.78 is 67.2. The molecule has 2 aromatic rings. The van der Waals surface area contributed by atoms with E-state index in [0.717, 1.165) is 12.1 Å². The molecular formula is C18H17F5N2O2. The summed E-state index contributed by atoms with van der Waals surface area (Å²) in [6.07, 6.45) is -4.68. The molecule has 0 atom stereocenters. The second-order valence-electron chi connectivity index (χ2n) is 5.87. The van der Waals surface area contributed by atoms with Gasteiger partial charge in [0.1, 0.15) is 5.75 Å². The number of benzene rings is 2. The van der Waals surface area contributed by atoms with Gasteiger partial charge in [0.2, 0.25) is 5.91 Å². The van der Waals surface area contributed by atoms with Gasteiger partial charge in [-0.15, -0.1) is 0 Å². The Morgan fingerprint density at radius 2 is 1.74 bits per heavy atom. The average Bonchev–Trinajstić information content (AvgIpc) is 2.55. The van der Waals surface area contributed by atoms with Crippen LogP contribution in [0.15, 0.2) is 42.5 Å². The van der Waals surface area contributed by atoms with E-state index >= 15 is 0 Å². The number of hydrogen-bond acceptors (Lipinski definition) is 3. The quantitative estimate of drug-likeness (QED) is 0.738. The smallest absolute Gasteiger partial charge is 0.416 e. The van der Waals surface area contributed by atoms with E-state index in [1.54, 1.807) is 19.0 Å². The molecule has 1 N–H and O–H groups in total. The molecule has 1 amide bonds. The molecular weight excluding hydrogens is 371 g/mol. The van der Waals surface area contributed by atoms with Crippen molar-refractivity contribution in [3.05, 3.63) is 53.6 Å². The standard InChI is InChI=1S/C18H17F5N2O2/c1-25(2)15-8-5-12(18(21,22)23)10-14(15)24-16(26)9-11-3-6-13(7-4-11)27-17(19)20/h3-8,10,17H,9H2,1-2H3,(H,24,26). The number of ether oxygens (including phenoxy) is 1. The van der Waals surface area contributed by atoms with Crippen molar-refractivity contribution in [3.8, 4) is 5.75 Å². The van der Waals surface area contributed by atoms with E-state index in [-0.39, 0.29) is 17.9 Å². The first-order chi connectivity index (χ1) is 12.6. The van der Waals surface area contributed by atoms with Crippen LogP contribution in [0.4, 0.5) is 33.3 Å². The maximum Gasteiger partial charge on any atom is 0.416 e. The molecule has 0 radical (unpaired) electrons. The molecule has 0 aliphatic heterocycles. The zero-order chi connectivity index (χ0) is 20.2. The Morgan fingerprint density at radius 3 is 2.26 bits per heavy atom. The number of carbonyl (C=O) groups excluding carboxylic acids is 1. The lowest BCUT2D eigenvalue weighted by Gasteiger charge is -2.20. The highest BCUT2D eigenvalue weighted by molar-refractivity contribution is 5.95. The SMILES string of the molecule is CN(C)c1ccc(C(F)(F)F)cc1NC(=O)Cc1ccc(OC(F)F)cc1. The molecule has 0 saturated heterocycles. The fourth-order valence-electron chi connectivity index (χ4n) is 2.37. The number of nitrogens with one attached hydrogen (secondary N) is 1. The fraction of sp³-hybridized carbons (Fsp3) is 0.278. The highest BCUT2D eigenvalue weighted by Gasteiger charge is 2.31. The van der Waals surface area contributed by atoms with Crippen LogP contribution in [-0.4, -0.2) is 26.6 Å². The molecule has 0 saturated carbocycles. The third kappa shape index (κ3) is 5.83. The first-order valence-electron chi connectivity index (χ1n) is 7.78. The lowest BCUT2D eigenvalue weighted by atomic mass is 10.1. The maximum atomic E-state index is 12.9. The number of halogens is 5. The zero-order valence-corrected chi connectivity index (χ0v) is 14.5. The van der Waals surface area contributed by atoms with Gasteiger partial charge in [-0.1, -0.05) is 12.1 Å². The average molecular weight is 388 g/mol. The van der Waals surface area contributed by atoms with Crippen LogP contribution in [0.5, 0.6) is 5.75 Å². The number of anilines is 2. The second kappa shape index (κ2) is 8.24. The maximum absolute atomic E-state index is 12.9. The van der Waals surface area contributed by atoms with Crippen LogP contribution in [-0.2, 0) is 17.4 Å². The summed E-state index contributed by atoms with van der Waals surface area (Å²) in [5.41, 5.74) is 0.0545. The molecule has 27 heavy (non-hydrogen) atoms. The van der Waals surface area contributed by atoms with E-state index in [9.17, 15) is 26.7 Å². The molecule has 0 aromatic heterocycles. The van der Waals surface area contributed by atoms with Crippen molar-refractivity contribution in [1.82, 2.24) is 0 Å². The minimum Gasteiger partial charge on any atom is -0.435 e. The van der Waals surface area contributed by atoms with Crippen molar-refractivity contribution in [2.24, 2.45) is 0 Å². The lowest BCUT2D eigenvalue weighted by Crippen LogP contribution is -2.19. The van der Waals surface area contributed by atoms with Gasteiger partial charge < -0.3 is 15.0 Å². The van der Waals surface area contributed by atoms with Gasteiger partial charge in [-0.05, 0) is 35.9 Å². The number of amides is 1. The number of carbonyl (C=O) groups is 1. The van der Waals surface area contributed by atoms with Crippen LogP contribution in [0.3, 0.4) is 0 Å². The zero-order valence-electron chi connectivity index (χ0n) is 14.5. The molecule has 4 nitrogen and oxygen atoms in total. The van der Waals surface area contributed by atoms with Crippen LogP contribution < -0.4 is 15.0 Å². The van der Waals surface area contributed by atoms with E-state index in [1.807, 2.05) is 0 Å². The lowest BCUT2D eigenvalue weighted by molar-refractivity contribution is -0.137. The Morgan fingerprint density at radius 1 is 1.11 bits per heavy atom. The van der Waals surface area contributed by atoms with Gasteiger partial charge in [0.15, 0.2) is 0 Å². The van der Waals surface area contributed by atoms with Crippen LogP contribution in [0.2, 0.25) is 0 Å². The monoisotopic (exact) mass is 388 g/mol. The molecule has 0 heterocycles. The van der Waals surface area contributed by atoms with E-state index in [1.165, 1.54) is 30.3 Å². The van der Waals surface area contributed by atoms with Gasteiger partial charge in [0.25, 0.3) is 0 Å². The van der Waals surface area contributed by atoms with Gasteiger partial charge in [-0.3, -0.25) is 4.79 Å². The topological polar surface area (TPSA) is 41.6 Å². The third-order valence-electron chi connectivity index (χ3n) is 3.59. The van der Waals surface area contributed by atoms with Gasteiger partial charge in [0.05, 0.1) is 23.4 Å². The molecule has 9 heteroatoms. The molecule has 2 rings (SSSR count). The number of rotatable bonds is 6. The highest BCUT2D eigenvalue weighted by atomic mass is 19.4. The first-order valence-corrected chi connectivity index (χ1v) is 7.78. The molecule has 0 unspecified atom stereocenters. The molecule has 0 fully saturated rings. The summed E-state index contributed by atoms with van der Waals surface area (Å²) in [6, 6.07) is 8.50. The number of hydrogen-bond donors (Lipinski definition) is 1. The third-order valence-corrected chi connectivity index (χ3v) is 3.59. The van der Waals surface area contributed by atoms with Gasteiger partial charge in [-0.25, -0.2) is 0 Å². The van der Waals surface area contributed by atoms with Crippen molar-refractivity contribution in [2.75, 3.05) is 24.3 Å². The molecule has 0 bridgehead atoms. The summed E-state index contributed by atoms with van der Waals surface area (Å²) in [6.45, 7) is -2.95. The van der Waals surface area contributed by atoms with Crippen LogP contribution in [0.1, 0.15) is 11.1 Å². The van der Waals surface area contributed by atoms with Gasteiger partial charge in [-0.2, -0.15) is 22.0 Å². The molecule has 0 aliphatic carbocycles. The Bertz CT molecular complexity index is 789. The van der Waals surface area contributed by atoms with Gasteiger partial charge in [0, 0.05) is 14.1 Å². The van der Waals surface area contributed by atoms with E-state index in [0.29, 0.717) is 11.3 Å². The van der Waals surface area contributed by atoms with Crippen molar-refractivity contribution in [1.29, 1.82) is 0 Å². The minimum atomic E-state index is -4.54. The molecule has 0 spiro atoms. The number of alkyl halides is 5. The second-order valence-corrected chi connectivity index (χ2v) is 5.87. The predicted molar refractivity (Wildman–Crippen MR) is 91.2 cm³/mol. The first kappa shape index (κ1) is 20.5. The van der Waals surface area contributed by atoms with E-state index < -0.39 is 24.3 Å². The summed E-state index contributed by atoms with van der Waals surface area (Å²) in [4.78, 5) is 13.8. The largest absolute Gasteiger partial charge is 0.435 e. The summed E-state index contributed by atoms with van der Waals surface area (Å²) >= 11 is 0. The Hall–Kier alpha value is -2.84. The fourth-order valence-corrected chi connectivity index (χ4v) is 2.37. The molecule has 2 aromatic carbocycles. The minimum absolute atomic E-state index is 0.0254. The van der Waals surface area contributed by atoms with Crippen molar-refractivity contribution in [3.63, 3.8) is 0 Å². The predicted octanol–water partition coefficient (Wildman–Crippen LogP) is 4.55. The van der Waals surface area contributed by atoms with Crippen molar-refractivity contribution >= 4 is 17.3 Å². The molecule has 146 valence electrons. The molecule has 0 aliphatic rings. The van der Waals surface area contributed by atoms with E-state index in [4.69, 9.17) is 0 Å². The van der Waals surface area contributed by atoms with Crippen molar-refractivity contribution in [2.45, 2.75) is 19.2 Å². The van der Waals surface area contributed by atoms with Crippen LogP contribution in [0, 0.1) is 0 Å². The number of nitrogens with zero attached hydrogens (tertiary/aromatic N) is 1. The highest BCUT2D eigenvalue weighted by Crippen LogP contribution is 2.35.